The minimum absolute atomic E-state index is 0.0242. The summed E-state index contributed by atoms with van der Waals surface area (Å²) in [6.07, 6.45) is 5.69. The molecule has 0 radical (unpaired) electrons. The zero-order valence-electron chi connectivity index (χ0n) is 14.5. The predicted octanol–water partition coefficient (Wildman–Crippen LogP) is 1.35. The van der Waals surface area contributed by atoms with Crippen molar-refractivity contribution in [2.45, 2.75) is 44.4 Å². The van der Waals surface area contributed by atoms with Gasteiger partial charge in [-0.1, -0.05) is 6.07 Å². The molecule has 1 atom stereocenters. The van der Waals surface area contributed by atoms with E-state index in [1.165, 1.54) is 0 Å². The first kappa shape index (κ1) is 18.1. The second-order valence-electron chi connectivity index (χ2n) is 7.19. The zero-order valence-corrected chi connectivity index (χ0v) is 15.3. The first-order valence-electron chi connectivity index (χ1n) is 8.63. The summed E-state index contributed by atoms with van der Waals surface area (Å²) in [6, 6.07) is 3.69. The fraction of sp³-hybridized carbons (Fsp3) is 0.647. The van der Waals surface area contributed by atoms with Crippen molar-refractivity contribution < 1.29 is 17.9 Å². The number of pyridine rings is 1. The summed E-state index contributed by atoms with van der Waals surface area (Å²) < 4.78 is 29.2. The van der Waals surface area contributed by atoms with Crippen LogP contribution in [0.4, 0.5) is 4.79 Å². The number of nitrogens with zero attached hydrogens (tertiary/aromatic N) is 2. The first-order valence-corrected chi connectivity index (χ1v) is 10.5. The highest BCUT2D eigenvalue weighted by atomic mass is 32.2. The largest absolute Gasteiger partial charge is 0.373 e. The first-order chi connectivity index (χ1) is 11.9. The molecule has 1 aromatic rings. The molecule has 3 heterocycles. The van der Waals surface area contributed by atoms with Gasteiger partial charge in [-0.2, -0.15) is 0 Å². The summed E-state index contributed by atoms with van der Waals surface area (Å²) in [5, 5.41) is 2.91. The number of sulfone groups is 1. The Labute approximate surface area is 148 Å². The normalized spacial score (nSPS) is 26.5. The van der Waals surface area contributed by atoms with Crippen LogP contribution in [0.5, 0.6) is 0 Å². The van der Waals surface area contributed by atoms with Crippen LogP contribution in [0.25, 0.3) is 0 Å². The molecule has 0 unspecified atom stereocenters. The molecule has 3 rings (SSSR count). The topological polar surface area (TPSA) is 88.6 Å². The van der Waals surface area contributed by atoms with Crippen LogP contribution in [0, 0.1) is 0 Å². The molecule has 7 nitrogen and oxygen atoms in total. The molecule has 2 amide bonds. The van der Waals surface area contributed by atoms with Crippen molar-refractivity contribution in [1.29, 1.82) is 0 Å². The number of likely N-dealkylation sites (tertiary alicyclic amines) is 1. The summed E-state index contributed by atoms with van der Waals surface area (Å²) in [5.41, 5.74) is 0.391. The molecule has 138 valence electrons. The Balaban J connectivity index is 1.43. The molecule has 0 saturated carbocycles. The second kappa shape index (κ2) is 7.29. The summed E-state index contributed by atoms with van der Waals surface area (Å²) in [7, 11) is -3.03. The van der Waals surface area contributed by atoms with Gasteiger partial charge in [-0.25, -0.2) is 13.2 Å². The molecular weight excluding hydrogens is 342 g/mol. The number of rotatable bonds is 4. The van der Waals surface area contributed by atoms with Gasteiger partial charge in [0.15, 0.2) is 9.84 Å². The third kappa shape index (κ3) is 4.92. The highest BCUT2D eigenvalue weighted by molar-refractivity contribution is 7.91. The van der Waals surface area contributed by atoms with Gasteiger partial charge in [-0.05, 0) is 37.8 Å². The predicted molar refractivity (Wildman–Crippen MR) is 93.8 cm³/mol. The second-order valence-corrected chi connectivity index (χ2v) is 9.38. The number of hydrogen-bond acceptors (Lipinski definition) is 5. The molecule has 2 aliphatic rings. The Kier molecular flexibility index (Phi) is 5.29. The van der Waals surface area contributed by atoms with E-state index >= 15 is 0 Å². The fourth-order valence-electron chi connectivity index (χ4n) is 3.37. The van der Waals surface area contributed by atoms with E-state index in [0.29, 0.717) is 26.1 Å². The summed E-state index contributed by atoms with van der Waals surface area (Å²) in [5.74, 6) is 0.171. The molecule has 0 bridgehead atoms. The minimum Gasteiger partial charge on any atom is -0.373 e. The van der Waals surface area contributed by atoms with Gasteiger partial charge < -0.3 is 15.0 Å². The number of amides is 2. The molecule has 8 heteroatoms. The number of urea groups is 1. The molecule has 2 fully saturated rings. The van der Waals surface area contributed by atoms with Crippen LogP contribution in [-0.4, -0.2) is 60.6 Å². The number of carbonyl (C=O) groups excluding carboxylic acids is 1. The van der Waals surface area contributed by atoms with E-state index in [1.807, 2.05) is 12.1 Å². The number of ether oxygens (including phenoxy) is 1. The Morgan fingerprint density at radius 1 is 1.44 bits per heavy atom. The third-order valence-corrected chi connectivity index (χ3v) is 6.75. The Morgan fingerprint density at radius 3 is 2.80 bits per heavy atom. The van der Waals surface area contributed by atoms with E-state index in [1.54, 1.807) is 24.2 Å². The van der Waals surface area contributed by atoms with E-state index in [2.05, 4.69) is 10.3 Å². The standard InChI is InChI=1S/C17H25N3O4S/c1-17(6-10-25(22,23)13-17)19-16(21)20-8-4-15(5-9-20)24-12-14-3-2-7-18-11-14/h2-3,7,11,15H,4-6,8-10,12-13H2,1H3,(H,19,21)/t17-/m1/s1. The van der Waals surface area contributed by atoms with Crippen LogP contribution in [0.1, 0.15) is 31.7 Å². The molecule has 1 N–H and O–H groups in total. The van der Waals surface area contributed by atoms with Crippen molar-refractivity contribution in [3.05, 3.63) is 30.1 Å². The molecule has 2 saturated heterocycles. The molecule has 25 heavy (non-hydrogen) atoms. The van der Waals surface area contributed by atoms with Gasteiger partial charge in [-0.3, -0.25) is 4.98 Å². The van der Waals surface area contributed by atoms with E-state index in [-0.39, 0.29) is 23.6 Å². The summed E-state index contributed by atoms with van der Waals surface area (Å²) in [6.45, 7) is 3.57. The van der Waals surface area contributed by atoms with Crippen LogP contribution < -0.4 is 5.32 Å². The number of hydrogen-bond donors (Lipinski definition) is 1. The Hall–Kier alpha value is -1.67. The van der Waals surface area contributed by atoms with E-state index in [4.69, 9.17) is 4.74 Å². The molecule has 0 aliphatic carbocycles. The van der Waals surface area contributed by atoms with Gasteiger partial charge >= 0.3 is 6.03 Å². The van der Waals surface area contributed by atoms with Crippen LogP contribution >= 0.6 is 0 Å². The molecule has 0 spiro atoms. The maximum Gasteiger partial charge on any atom is 0.317 e. The van der Waals surface area contributed by atoms with Crippen LogP contribution in [0.3, 0.4) is 0 Å². The smallest absolute Gasteiger partial charge is 0.317 e. The van der Waals surface area contributed by atoms with Crippen molar-refractivity contribution in [2.75, 3.05) is 24.6 Å². The zero-order chi connectivity index (χ0) is 17.9. The lowest BCUT2D eigenvalue weighted by Crippen LogP contribution is -2.54. The van der Waals surface area contributed by atoms with Crippen LogP contribution in [0.2, 0.25) is 0 Å². The van der Waals surface area contributed by atoms with Gasteiger partial charge in [-0.15, -0.1) is 0 Å². The maximum absolute atomic E-state index is 12.4. The van der Waals surface area contributed by atoms with Crippen molar-refractivity contribution in [2.24, 2.45) is 0 Å². The van der Waals surface area contributed by atoms with Gasteiger partial charge in [0.1, 0.15) is 0 Å². The SMILES string of the molecule is C[C@@]1(NC(=O)N2CCC(OCc3cccnc3)CC2)CCS(=O)(=O)C1. The highest BCUT2D eigenvalue weighted by Crippen LogP contribution is 2.24. The average Bonchev–Trinajstić information content (AvgIpc) is 2.87. The van der Waals surface area contributed by atoms with Gasteiger partial charge in [0.2, 0.25) is 0 Å². The lowest BCUT2D eigenvalue weighted by atomic mass is 10.0. The lowest BCUT2D eigenvalue weighted by Gasteiger charge is -2.34. The van der Waals surface area contributed by atoms with Crippen LogP contribution in [0.15, 0.2) is 24.5 Å². The molecule has 1 aromatic heterocycles. The third-order valence-electron chi connectivity index (χ3n) is 4.85. The van der Waals surface area contributed by atoms with Crippen molar-refractivity contribution >= 4 is 15.9 Å². The molecule has 2 aliphatic heterocycles. The number of carbonyl (C=O) groups is 1. The van der Waals surface area contributed by atoms with E-state index in [9.17, 15) is 13.2 Å². The number of piperidine rings is 1. The minimum atomic E-state index is -3.03. The maximum atomic E-state index is 12.4. The van der Waals surface area contributed by atoms with Gasteiger partial charge in [0.25, 0.3) is 0 Å². The number of aromatic nitrogens is 1. The quantitative estimate of drug-likeness (QED) is 0.868. The molecule has 0 aromatic carbocycles. The van der Waals surface area contributed by atoms with Gasteiger partial charge in [0, 0.05) is 25.5 Å². The van der Waals surface area contributed by atoms with E-state index < -0.39 is 15.4 Å². The van der Waals surface area contributed by atoms with Crippen molar-refractivity contribution in [3.8, 4) is 0 Å². The fourth-order valence-corrected chi connectivity index (χ4v) is 5.46. The van der Waals surface area contributed by atoms with E-state index in [0.717, 1.165) is 18.4 Å². The number of nitrogens with one attached hydrogen (secondary N) is 1. The highest BCUT2D eigenvalue weighted by Gasteiger charge is 2.40. The monoisotopic (exact) mass is 367 g/mol. The molecular formula is C17H25N3O4S. The lowest BCUT2D eigenvalue weighted by molar-refractivity contribution is 0.00396. The van der Waals surface area contributed by atoms with Gasteiger partial charge in [0.05, 0.1) is 29.8 Å². The average molecular weight is 367 g/mol. The Bertz CT molecular complexity index is 702. The summed E-state index contributed by atoms with van der Waals surface area (Å²) in [4.78, 5) is 18.2. The van der Waals surface area contributed by atoms with Crippen molar-refractivity contribution in [1.82, 2.24) is 15.2 Å². The van der Waals surface area contributed by atoms with Crippen LogP contribution in [-0.2, 0) is 21.2 Å². The summed E-state index contributed by atoms with van der Waals surface area (Å²) >= 11 is 0. The van der Waals surface area contributed by atoms with Crippen molar-refractivity contribution in [3.63, 3.8) is 0 Å². The Morgan fingerprint density at radius 2 is 2.20 bits per heavy atom.